The Hall–Kier alpha value is -3.07. The molecule has 2 aromatic carbocycles. The van der Waals surface area contributed by atoms with E-state index in [0.717, 1.165) is 36.3 Å². The van der Waals surface area contributed by atoms with Gasteiger partial charge >= 0.3 is 0 Å². The fraction of sp³-hybridized carbons (Fsp3) is 0.391. The molecule has 9 heteroatoms. The van der Waals surface area contributed by atoms with E-state index in [9.17, 15) is 13.2 Å². The molecular formula is C23H28N4O4S. The average molecular weight is 457 g/mol. The zero-order valence-electron chi connectivity index (χ0n) is 18.2. The van der Waals surface area contributed by atoms with Crippen LogP contribution in [0.15, 0.2) is 51.8 Å². The number of nitrogens with zero attached hydrogens (tertiary/aromatic N) is 3. The maximum Gasteiger partial charge on any atom is 0.287 e. The minimum Gasteiger partial charge on any atom is -0.494 e. The predicted octanol–water partition coefficient (Wildman–Crippen LogP) is 2.66. The van der Waals surface area contributed by atoms with Crippen LogP contribution in [0.4, 0.5) is 5.69 Å². The predicted molar refractivity (Wildman–Crippen MR) is 123 cm³/mol. The van der Waals surface area contributed by atoms with Crippen molar-refractivity contribution < 1.29 is 17.9 Å². The van der Waals surface area contributed by atoms with Crippen LogP contribution < -0.4 is 15.4 Å². The quantitative estimate of drug-likeness (QED) is 0.642. The van der Waals surface area contributed by atoms with Crippen molar-refractivity contribution in [1.29, 1.82) is 0 Å². The molecule has 0 bridgehead atoms. The fourth-order valence-corrected chi connectivity index (χ4v) is 5.37. The van der Waals surface area contributed by atoms with Crippen LogP contribution in [0, 0.1) is 0 Å². The summed E-state index contributed by atoms with van der Waals surface area (Å²) in [5, 5.41) is 0. The van der Waals surface area contributed by atoms with Gasteiger partial charge in [0.1, 0.15) is 10.6 Å². The van der Waals surface area contributed by atoms with E-state index in [-0.39, 0.29) is 16.8 Å². The van der Waals surface area contributed by atoms with Crippen LogP contribution in [0.5, 0.6) is 5.75 Å². The summed E-state index contributed by atoms with van der Waals surface area (Å²) in [5.74, 6) is 0.940. The zero-order chi connectivity index (χ0) is 22.7. The minimum absolute atomic E-state index is 0.0368. The van der Waals surface area contributed by atoms with E-state index >= 15 is 0 Å². The summed E-state index contributed by atoms with van der Waals surface area (Å²) in [7, 11) is -2.07. The molecule has 2 aromatic rings. The normalized spacial score (nSPS) is 17.7. The number of piperidine rings is 1. The molecule has 0 aromatic heterocycles. The van der Waals surface area contributed by atoms with Crippen molar-refractivity contribution in [2.75, 3.05) is 25.1 Å². The van der Waals surface area contributed by atoms with Crippen LogP contribution in [0.2, 0.25) is 0 Å². The maximum atomic E-state index is 12.3. The highest BCUT2D eigenvalue weighted by molar-refractivity contribution is 7.90. The minimum atomic E-state index is -3.78. The van der Waals surface area contributed by atoms with Crippen LogP contribution >= 0.6 is 0 Å². The highest BCUT2D eigenvalue weighted by Crippen LogP contribution is 2.33. The molecule has 8 nitrogen and oxygen atoms in total. The third kappa shape index (κ3) is 4.72. The van der Waals surface area contributed by atoms with Gasteiger partial charge in [-0.3, -0.25) is 4.79 Å². The fourth-order valence-electron chi connectivity index (χ4n) is 4.14. The number of fused-ring (bicyclic) bond motifs is 1. The smallest absolute Gasteiger partial charge is 0.287 e. The largest absolute Gasteiger partial charge is 0.494 e. The molecule has 1 fully saturated rings. The molecule has 0 unspecified atom stereocenters. The number of aryl methyl sites for hydroxylation is 1. The standard InChI is InChI=1S/C23H28N4O4S/c1-26-22-18(8-5-11-20(22)32(29,30)25-23(26)24)9-6-14-31-19-10-4-7-17(15-19)16-27-13-3-2-12-21(27)28/h4-5,7-8,10-11,15H,2-3,6,9,12-14,16H2,1H3,(H2,24,25). The van der Waals surface area contributed by atoms with Gasteiger partial charge in [0.25, 0.3) is 10.0 Å². The van der Waals surface area contributed by atoms with E-state index in [1.807, 2.05) is 35.2 Å². The van der Waals surface area contributed by atoms with E-state index in [0.29, 0.717) is 38.1 Å². The number of likely N-dealkylation sites (tertiary alicyclic amines) is 1. The van der Waals surface area contributed by atoms with E-state index in [1.165, 1.54) is 0 Å². The average Bonchev–Trinajstić information content (AvgIpc) is 2.77. The Morgan fingerprint density at radius 1 is 1.16 bits per heavy atom. The van der Waals surface area contributed by atoms with Crippen molar-refractivity contribution in [3.8, 4) is 5.75 Å². The Kier molecular flexibility index (Phi) is 6.36. The number of anilines is 1. The molecule has 0 atom stereocenters. The van der Waals surface area contributed by atoms with E-state index in [2.05, 4.69) is 4.40 Å². The van der Waals surface area contributed by atoms with Crippen LogP contribution in [0.1, 0.15) is 36.8 Å². The zero-order valence-corrected chi connectivity index (χ0v) is 19.0. The number of ether oxygens (including phenoxy) is 1. The molecule has 2 aliphatic rings. The number of sulfonamides is 1. The molecule has 1 amide bonds. The second-order valence-corrected chi connectivity index (χ2v) is 9.69. The van der Waals surface area contributed by atoms with Crippen molar-refractivity contribution in [2.24, 2.45) is 10.1 Å². The summed E-state index contributed by atoms with van der Waals surface area (Å²) < 4.78 is 34.2. The first-order valence-electron chi connectivity index (χ1n) is 10.8. The molecule has 170 valence electrons. The Bertz CT molecular complexity index is 1150. The molecule has 0 saturated carbocycles. The highest BCUT2D eigenvalue weighted by atomic mass is 32.2. The molecule has 0 spiro atoms. The summed E-state index contributed by atoms with van der Waals surface area (Å²) in [6.07, 6.45) is 4.01. The van der Waals surface area contributed by atoms with Gasteiger partial charge in [-0.05, 0) is 55.0 Å². The van der Waals surface area contributed by atoms with Gasteiger partial charge in [-0.25, -0.2) is 0 Å². The van der Waals surface area contributed by atoms with Gasteiger partial charge < -0.3 is 20.3 Å². The number of hydrogen-bond acceptors (Lipinski definition) is 6. The monoisotopic (exact) mass is 456 g/mol. The molecular weight excluding hydrogens is 428 g/mol. The summed E-state index contributed by atoms with van der Waals surface area (Å²) in [5.41, 5.74) is 8.32. The lowest BCUT2D eigenvalue weighted by molar-refractivity contribution is -0.133. The molecule has 32 heavy (non-hydrogen) atoms. The Morgan fingerprint density at radius 2 is 1.97 bits per heavy atom. The van der Waals surface area contributed by atoms with Crippen molar-refractivity contribution in [3.05, 3.63) is 53.6 Å². The number of hydrogen-bond donors (Lipinski definition) is 1. The van der Waals surface area contributed by atoms with Gasteiger partial charge in [-0.15, -0.1) is 4.40 Å². The molecule has 4 rings (SSSR count). The highest BCUT2D eigenvalue weighted by Gasteiger charge is 2.29. The third-order valence-electron chi connectivity index (χ3n) is 5.81. The van der Waals surface area contributed by atoms with Gasteiger partial charge in [0, 0.05) is 26.6 Å². The molecule has 2 aliphatic heterocycles. The second kappa shape index (κ2) is 9.20. The first-order valence-corrected chi connectivity index (χ1v) is 12.2. The molecule has 0 radical (unpaired) electrons. The number of guanidine groups is 1. The van der Waals surface area contributed by atoms with Crippen molar-refractivity contribution in [3.63, 3.8) is 0 Å². The number of benzene rings is 2. The summed E-state index contributed by atoms with van der Waals surface area (Å²) in [6, 6.07) is 13.0. The second-order valence-electron chi connectivity index (χ2n) is 8.12. The Balaban J connectivity index is 1.36. The summed E-state index contributed by atoms with van der Waals surface area (Å²) >= 11 is 0. The van der Waals surface area contributed by atoms with Gasteiger partial charge in [0.15, 0.2) is 0 Å². The van der Waals surface area contributed by atoms with Gasteiger partial charge in [-0.1, -0.05) is 24.3 Å². The Labute approximate surface area is 188 Å². The maximum absolute atomic E-state index is 12.3. The van der Waals surface area contributed by atoms with Crippen LogP contribution in [0.3, 0.4) is 0 Å². The number of carbonyl (C=O) groups excluding carboxylic acids is 1. The number of carbonyl (C=O) groups is 1. The first-order chi connectivity index (χ1) is 15.3. The molecule has 0 aliphatic carbocycles. The van der Waals surface area contributed by atoms with Gasteiger partial charge in [0.05, 0.1) is 12.3 Å². The summed E-state index contributed by atoms with van der Waals surface area (Å²) in [6.45, 7) is 1.90. The lowest BCUT2D eigenvalue weighted by Gasteiger charge is -2.27. The van der Waals surface area contributed by atoms with Crippen LogP contribution in [0.25, 0.3) is 0 Å². The number of nitrogens with two attached hydrogens (primary N) is 1. The third-order valence-corrected chi connectivity index (χ3v) is 7.12. The van der Waals surface area contributed by atoms with Gasteiger partial charge in [0.2, 0.25) is 11.9 Å². The van der Waals surface area contributed by atoms with E-state index in [4.69, 9.17) is 10.5 Å². The number of amides is 1. The number of rotatable bonds is 7. The SMILES string of the molecule is CN1C(N)=NS(=O)(=O)c2cccc(CCCOc3cccc(CN4CCCCC4=O)c3)c21. The number of para-hydroxylation sites is 1. The van der Waals surface area contributed by atoms with E-state index < -0.39 is 10.0 Å². The molecule has 2 heterocycles. The molecule has 1 saturated heterocycles. The van der Waals surface area contributed by atoms with Gasteiger partial charge in [-0.2, -0.15) is 8.42 Å². The van der Waals surface area contributed by atoms with Crippen molar-refractivity contribution in [2.45, 2.75) is 43.5 Å². The lowest BCUT2D eigenvalue weighted by Crippen LogP contribution is -2.39. The van der Waals surface area contributed by atoms with Crippen LogP contribution in [-0.2, 0) is 27.8 Å². The molecule has 2 N–H and O–H groups in total. The first kappa shape index (κ1) is 22.1. The van der Waals surface area contributed by atoms with Crippen molar-refractivity contribution in [1.82, 2.24) is 4.90 Å². The summed E-state index contributed by atoms with van der Waals surface area (Å²) in [4.78, 5) is 15.7. The Morgan fingerprint density at radius 3 is 2.78 bits per heavy atom. The van der Waals surface area contributed by atoms with E-state index in [1.54, 1.807) is 24.1 Å². The topological polar surface area (TPSA) is 105 Å². The van der Waals surface area contributed by atoms with Crippen LogP contribution in [-0.4, -0.2) is 45.4 Å². The van der Waals surface area contributed by atoms with Crippen molar-refractivity contribution >= 4 is 27.6 Å². The lowest BCUT2D eigenvalue weighted by atomic mass is 10.1.